The lowest BCUT2D eigenvalue weighted by Crippen LogP contribution is -2.44. The predicted molar refractivity (Wildman–Crippen MR) is 73.8 cm³/mol. The molecule has 6 heteroatoms. The van der Waals surface area contributed by atoms with Gasteiger partial charge in [0.15, 0.2) is 5.82 Å². The first-order valence-corrected chi connectivity index (χ1v) is 8.23. The summed E-state index contributed by atoms with van der Waals surface area (Å²) in [5, 5.41) is 4.02. The second-order valence-electron chi connectivity index (χ2n) is 5.53. The summed E-state index contributed by atoms with van der Waals surface area (Å²) >= 11 is 1.80. The minimum atomic E-state index is -0.321. The molecular formula is C13H21N3O2S. The van der Waals surface area contributed by atoms with Crippen LogP contribution in [0.5, 0.6) is 0 Å². The minimum absolute atomic E-state index is 0.321. The van der Waals surface area contributed by atoms with Crippen LogP contribution >= 0.6 is 11.8 Å². The quantitative estimate of drug-likeness (QED) is 0.893. The standard InChI is InChI=1S/C13H21N3O2S/c14-13(5-3-6-13)12-15-11(18-16-12)9-19-8-10-4-1-2-7-17-10/h10H,1-9,14H2. The first kappa shape index (κ1) is 13.4. The maximum absolute atomic E-state index is 6.17. The highest BCUT2D eigenvalue weighted by molar-refractivity contribution is 7.98. The highest BCUT2D eigenvalue weighted by atomic mass is 32.2. The smallest absolute Gasteiger partial charge is 0.236 e. The van der Waals surface area contributed by atoms with Crippen LogP contribution in [-0.2, 0) is 16.0 Å². The third-order valence-corrected chi connectivity index (χ3v) is 5.02. The van der Waals surface area contributed by atoms with Crippen LogP contribution in [0.4, 0.5) is 0 Å². The molecule has 3 rings (SSSR count). The van der Waals surface area contributed by atoms with E-state index in [-0.39, 0.29) is 5.54 Å². The summed E-state index contributed by atoms with van der Waals surface area (Å²) in [6, 6.07) is 0. The van der Waals surface area contributed by atoms with E-state index >= 15 is 0 Å². The van der Waals surface area contributed by atoms with E-state index < -0.39 is 0 Å². The summed E-state index contributed by atoms with van der Waals surface area (Å²) in [4.78, 5) is 4.42. The normalized spacial score (nSPS) is 26.1. The van der Waals surface area contributed by atoms with Crippen molar-refractivity contribution in [1.82, 2.24) is 10.1 Å². The number of hydrogen-bond donors (Lipinski definition) is 1. The first-order chi connectivity index (χ1) is 9.26. The van der Waals surface area contributed by atoms with Gasteiger partial charge in [0, 0.05) is 12.4 Å². The van der Waals surface area contributed by atoms with Gasteiger partial charge in [0.25, 0.3) is 0 Å². The maximum atomic E-state index is 6.17. The third kappa shape index (κ3) is 3.12. The molecule has 0 radical (unpaired) electrons. The lowest BCUT2D eigenvalue weighted by atomic mass is 9.77. The van der Waals surface area contributed by atoms with Crippen LogP contribution in [0.2, 0.25) is 0 Å². The minimum Gasteiger partial charge on any atom is -0.377 e. The monoisotopic (exact) mass is 283 g/mol. The Balaban J connectivity index is 1.45. The van der Waals surface area contributed by atoms with Crippen molar-refractivity contribution in [1.29, 1.82) is 0 Å². The molecule has 5 nitrogen and oxygen atoms in total. The van der Waals surface area contributed by atoms with Crippen LogP contribution < -0.4 is 5.73 Å². The van der Waals surface area contributed by atoms with Crippen LogP contribution in [0.1, 0.15) is 50.2 Å². The van der Waals surface area contributed by atoms with Crippen LogP contribution in [-0.4, -0.2) is 28.6 Å². The Bertz CT molecular complexity index is 414. The SMILES string of the molecule is NC1(c2noc(CSCC3CCCCO3)n2)CCC1. The molecule has 2 N–H and O–H groups in total. The predicted octanol–water partition coefficient (Wildman–Crippen LogP) is 2.21. The van der Waals surface area contributed by atoms with Gasteiger partial charge in [0.05, 0.1) is 17.4 Å². The number of hydrogen-bond acceptors (Lipinski definition) is 6. The molecule has 1 saturated carbocycles. The summed E-state index contributed by atoms with van der Waals surface area (Å²) in [7, 11) is 0. The molecule has 1 aromatic heterocycles. The van der Waals surface area contributed by atoms with Crippen molar-refractivity contribution in [2.45, 2.75) is 55.9 Å². The maximum Gasteiger partial charge on any atom is 0.236 e. The van der Waals surface area contributed by atoms with Crippen LogP contribution in [0.15, 0.2) is 4.52 Å². The Hall–Kier alpha value is -0.590. The fraction of sp³-hybridized carbons (Fsp3) is 0.846. The number of aromatic nitrogens is 2. The average molecular weight is 283 g/mol. The molecule has 1 saturated heterocycles. The summed E-state index contributed by atoms with van der Waals surface area (Å²) in [6.07, 6.45) is 7.15. The zero-order chi connectivity index (χ0) is 13.1. The molecule has 2 aliphatic rings. The molecule has 1 aliphatic carbocycles. The third-order valence-electron chi connectivity index (χ3n) is 3.96. The van der Waals surface area contributed by atoms with Gasteiger partial charge in [-0.15, -0.1) is 11.8 Å². The Morgan fingerprint density at radius 1 is 1.32 bits per heavy atom. The van der Waals surface area contributed by atoms with E-state index in [1.54, 1.807) is 11.8 Å². The van der Waals surface area contributed by atoms with Gasteiger partial charge in [-0.2, -0.15) is 4.98 Å². The fourth-order valence-corrected chi connectivity index (χ4v) is 3.45. The topological polar surface area (TPSA) is 74.2 Å². The van der Waals surface area contributed by atoms with E-state index in [9.17, 15) is 0 Å². The molecule has 1 atom stereocenters. The second-order valence-corrected chi connectivity index (χ2v) is 6.56. The molecule has 2 heterocycles. The number of nitrogens with zero attached hydrogens (tertiary/aromatic N) is 2. The summed E-state index contributed by atoms with van der Waals surface area (Å²) in [5.74, 6) is 3.13. The fourth-order valence-electron chi connectivity index (χ4n) is 2.51. The van der Waals surface area contributed by atoms with Gasteiger partial charge < -0.3 is 15.0 Å². The van der Waals surface area contributed by atoms with Gasteiger partial charge in [0.1, 0.15) is 0 Å². The van der Waals surface area contributed by atoms with Crippen molar-refractivity contribution < 1.29 is 9.26 Å². The zero-order valence-electron chi connectivity index (χ0n) is 11.1. The number of nitrogens with two attached hydrogens (primary N) is 1. The van der Waals surface area contributed by atoms with Gasteiger partial charge in [-0.3, -0.25) is 0 Å². The number of rotatable bonds is 5. The van der Waals surface area contributed by atoms with Crippen molar-refractivity contribution >= 4 is 11.8 Å². The largest absolute Gasteiger partial charge is 0.377 e. The van der Waals surface area contributed by atoms with Crippen molar-refractivity contribution in [3.8, 4) is 0 Å². The molecule has 0 amide bonds. The van der Waals surface area contributed by atoms with E-state index in [2.05, 4.69) is 10.1 Å². The molecule has 2 fully saturated rings. The Kier molecular flexibility index (Phi) is 4.10. The van der Waals surface area contributed by atoms with Crippen molar-refractivity contribution in [2.24, 2.45) is 5.73 Å². The molecule has 0 bridgehead atoms. The van der Waals surface area contributed by atoms with Crippen molar-refractivity contribution in [3.05, 3.63) is 11.7 Å². The van der Waals surface area contributed by atoms with E-state index in [1.165, 1.54) is 19.3 Å². The van der Waals surface area contributed by atoms with Gasteiger partial charge in [-0.1, -0.05) is 5.16 Å². The van der Waals surface area contributed by atoms with Crippen molar-refractivity contribution in [3.63, 3.8) is 0 Å². The second kappa shape index (κ2) is 5.81. The number of ether oxygens (including phenoxy) is 1. The van der Waals surface area contributed by atoms with E-state index in [0.29, 0.717) is 17.8 Å². The lowest BCUT2D eigenvalue weighted by molar-refractivity contribution is 0.0315. The summed E-state index contributed by atoms with van der Waals surface area (Å²) < 4.78 is 11.0. The van der Waals surface area contributed by atoms with Gasteiger partial charge >= 0.3 is 0 Å². The van der Waals surface area contributed by atoms with E-state index in [0.717, 1.165) is 37.4 Å². The number of thioether (sulfide) groups is 1. The van der Waals surface area contributed by atoms with Crippen LogP contribution in [0.25, 0.3) is 0 Å². The summed E-state index contributed by atoms with van der Waals surface area (Å²) in [5.41, 5.74) is 5.85. The summed E-state index contributed by atoms with van der Waals surface area (Å²) in [6.45, 7) is 0.908. The highest BCUT2D eigenvalue weighted by Crippen LogP contribution is 2.37. The lowest BCUT2D eigenvalue weighted by Gasteiger charge is -2.34. The molecule has 106 valence electrons. The Morgan fingerprint density at radius 3 is 2.89 bits per heavy atom. The van der Waals surface area contributed by atoms with Crippen LogP contribution in [0.3, 0.4) is 0 Å². The average Bonchev–Trinajstić information content (AvgIpc) is 2.86. The van der Waals surface area contributed by atoms with Gasteiger partial charge in [-0.25, -0.2) is 0 Å². The first-order valence-electron chi connectivity index (χ1n) is 7.08. The van der Waals surface area contributed by atoms with Gasteiger partial charge in [0.2, 0.25) is 5.89 Å². The van der Waals surface area contributed by atoms with Gasteiger partial charge in [-0.05, 0) is 38.5 Å². The molecular weight excluding hydrogens is 262 g/mol. The van der Waals surface area contributed by atoms with Crippen LogP contribution in [0, 0.1) is 0 Å². The van der Waals surface area contributed by atoms with Crippen molar-refractivity contribution in [2.75, 3.05) is 12.4 Å². The molecule has 0 spiro atoms. The molecule has 1 aliphatic heterocycles. The Labute approximate surface area is 117 Å². The molecule has 19 heavy (non-hydrogen) atoms. The zero-order valence-corrected chi connectivity index (χ0v) is 12.0. The van der Waals surface area contributed by atoms with E-state index in [4.69, 9.17) is 15.0 Å². The molecule has 1 aromatic rings. The molecule has 1 unspecified atom stereocenters. The molecule has 0 aromatic carbocycles. The Morgan fingerprint density at radius 2 is 2.21 bits per heavy atom. The highest BCUT2D eigenvalue weighted by Gasteiger charge is 2.38. The van der Waals surface area contributed by atoms with E-state index in [1.807, 2.05) is 0 Å².